The molecular formula is C25H31N5O3. The Labute approximate surface area is 192 Å². The van der Waals surface area contributed by atoms with Crippen LogP contribution in [0, 0.1) is 11.8 Å². The minimum absolute atomic E-state index is 0.000377. The standard InChI is InChI=1S/C25H31N5O3/c1-2-3-6-16-10-12-17(13-11-16)23(31)27-22-15-20(21-9-5-14-33-21)29-30(22)25-26-19-8-4-7-18(19)24(32)28-25/h5,9,14-17H,2-4,6-8,10-13H2,1H3,(H,27,31)(H,26,28,32). The lowest BCUT2D eigenvalue weighted by molar-refractivity contribution is -0.121. The van der Waals surface area contributed by atoms with E-state index in [1.807, 2.05) is 6.07 Å². The number of fused-ring (bicyclic) bond motifs is 1. The van der Waals surface area contributed by atoms with Gasteiger partial charge in [-0.2, -0.15) is 9.78 Å². The number of hydrogen-bond donors (Lipinski definition) is 2. The first-order valence-corrected chi connectivity index (χ1v) is 12.2. The molecule has 3 aromatic heterocycles. The molecule has 8 heteroatoms. The number of carbonyl (C=O) groups is 1. The zero-order valence-corrected chi connectivity index (χ0v) is 19.1. The van der Waals surface area contributed by atoms with Crippen LogP contribution in [-0.2, 0) is 17.6 Å². The molecule has 3 heterocycles. The number of amides is 1. The number of carbonyl (C=O) groups excluding carboxylic acids is 1. The van der Waals surface area contributed by atoms with E-state index in [0.29, 0.717) is 23.2 Å². The van der Waals surface area contributed by atoms with Crippen molar-refractivity contribution < 1.29 is 9.21 Å². The summed E-state index contributed by atoms with van der Waals surface area (Å²) in [6.07, 6.45) is 11.8. The number of hydrogen-bond acceptors (Lipinski definition) is 5. The molecule has 174 valence electrons. The van der Waals surface area contributed by atoms with Crippen molar-refractivity contribution in [2.24, 2.45) is 11.8 Å². The van der Waals surface area contributed by atoms with E-state index >= 15 is 0 Å². The van der Waals surface area contributed by atoms with Crippen LogP contribution in [0.4, 0.5) is 5.82 Å². The molecule has 8 nitrogen and oxygen atoms in total. The van der Waals surface area contributed by atoms with E-state index in [9.17, 15) is 9.59 Å². The number of aryl methyl sites for hydroxylation is 1. The monoisotopic (exact) mass is 449 g/mol. The number of H-pyrrole nitrogens is 1. The first-order chi connectivity index (χ1) is 16.1. The smallest absolute Gasteiger partial charge is 0.255 e. The number of rotatable bonds is 7. The highest BCUT2D eigenvalue weighted by molar-refractivity contribution is 5.92. The van der Waals surface area contributed by atoms with Crippen molar-refractivity contribution in [2.45, 2.75) is 71.1 Å². The Morgan fingerprint density at radius 2 is 2.12 bits per heavy atom. The second-order valence-corrected chi connectivity index (χ2v) is 9.32. The maximum atomic E-state index is 13.2. The maximum absolute atomic E-state index is 13.2. The minimum atomic E-state index is -0.134. The Morgan fingerprint density at radius 3 is 2.88 bits per heavy atom. The lowest BCUT2D eigenvalue weighted by Crippen LogP contribution is -2.28. The Morgan fingerprint density at radius 1 is 1.27 bits per heavy atom. The first kappa shape index (κ1) is 21.7. The van der Waals surface area contributed by atoms with Crippen LogP contribution in [0.2, 0.25) is 0 Å². The Hall–Kier alpha value is -3.16. The quantitative estimate of drug-likeness (QED) is 0.547. The fourth-order valence-corrected chi connectivity index (χ4v) is 5.14. The van der Waals surface area contributed by atoms with Crippen molar-refractivity contribution in [3.63, 3.8) is 0 Å². The van der Waals surface area contributed by atoms with E-state index in [2.05, 4.69) is 27.3 Å². The highest BCUT2D eigenvalue weighted by Gasteiger charge is 2.28. The number of unbranched alkanes of at least 4 members (excludes halogenated alkanes) is 1. The van der Waals surface area contributed by atoms with Crippen LogP contribution >= 0.6 is 0 Å². The van der Waals surface area contributed by atoms with Crippen LogP contribution in [0.25, 0.3) is 17.4 Å². The summed E-state index contributed by atoms with van der Waals surface area (Å²) in [5.41, 5.74) is 2.00. The molecule has 0 saturated heterocycles. The molecule has 0 aromatic carbocycles. The number of furan rings is 1. The molecule has 2 aliphatic rings. The molecule has 33 heavy (non-hydrogen) atoms. The summed E-state index contributed by atoms with van der Waals surface area (Å²) >= 11 is 0. The van der Waals surface area contributed by atoms with Gasteiger partial charge in [0.1, 0.15) is 11.5 Å². The summed E-state index contributed by atoms with van der Waals surface area (Å²) in [4.78, 5) is 33.3. The molecule has 1 fully saturated rings. The molecule has 0 atom stereocenters. The van der Waals surface area contributed by atoms with E-state index < -0.39 is 0 Å². The van der Waals surface area contributed by atoms with Crippen LogP contribution < -0.4 is 10.9 Å². The van der Waals surface area contributed by atoms with Gasteiger partial charge < -0.3 is 9.73 Å². The summed E-state index contributed by atoms with van der Waals surface area (Å²) in [5, 5.41) is 7.67. The van der Waals surface area contributed by atoms with E-state index in [0.717, 1.165) is 62.1 Å². The molecule has 5 rings (SSSR count). The van der Waals surface area contributed by atoms with Gasteiger partial charge in [-0.25, -0.2) is 4.98 Å². The molecule has 1 amide bonds. The molecule has 2 aliphatic carbocycles. The summed E-state index contributed by atoms with van der Waals surface area (Å²) in [6, 6.07) is 5.38. The van der Waals surface area contributed by atoms with Crippen LogP contribution in [-0.4, -0.2) is 25.7 Å². The SMILES string of the molecule is CCCCC1CCC(C(=O)Nc2cc(-c3ccco3)nn2-c2nc3c(c(=O)[nH]2)CCC3)CC1. The van der Waals surface area contributed by atoms with Crippen molar-refractivity contribution >= 4 is 11.7 Å². The van der Waals surface area contributed by atoms with Gasteiger partial charge in [-0.05, 0) is 63.0 Å². The van der Waals surface area contributed by atoms with Gasteiger partial charge in [0, 0.05) is 17.5 Å². The van der Waals surface area contributed by atoms with Crippen molar-refractivity contribution in [3.8, 4) is 17.4 Å². The third-order valence-corrected chi connectivity index (χ3v) is 7.05. The molecular weight excluding hydrogens is 418 g/mol. The lowest BCUT2D eigenvalue weighted by atomic mass is 9.79. The van der Waals surface area contributed by atoms with E-state index in [4.69, 9.17) is 4.42 Å². The number of aromatic nitrogens is 4. The minimum Gasteiger partial charge on any atom is -0.463 e. The number of aromatic amines is 1. The van der Waals surface area contributed by atoms with Gasteiger partial charge in [0.25, 0.3) is 5.56 Å². The summed E-state index contributed by atoms with van der Waals surface area (Å²) in [6.45, 7) is 2.22. The Kier molecular flexibility index (Phi) is 6.15. The van der Waals surface area contributed by atoms with Gasteiger partial charge in [-0.3, -0.25) is 14.6 Å². The van der Waals surface area contributed by atoms with Gasteiger partial charge in [-0.1, -0.05) is 26.2 Å². The number of anilines is 1. The largest absolute Gasteiger partial charge is 0.463 e. The van der Waals surface area contributed by atoms with Crippen molar-refractivity contribution in [1.82, 2.24) is 19.7 Å². The highest BCUT2D eigenvalue weighted by Crippen LogP contribution is 2.33. The lowest BCUT2D eigenvalue weighted by Gasteiger charge is -2.27. The van der Waals surface area contributed by atoms with Crippen LogP contribution in [0.15, 0.2) is 33.7 Å². The first-order valence-electron chi connectivity index (χ1n) is 12.2. The fraction of sp³-hybridized carbons (Fsp3) is 0.520. The van der Waals surface area contributed by atoms with Crippen LogP contribution in [0.1, 0.15) is 69.5 Å². The molecule has 0 spiro atoms. The van der Waals surface area contributed by atoms with E-state index in [1.165, 1.54) is 23.9 Å². The average Bonchev–Trinajstić information content (AvgIpc) is 3.58. The van der Waals surface area contributed by atoms with Gasteiger partial charge in [0.05, 0.1) is 12.0 Å². The third kappa shape index (κ3) is 4.51. The van der Waals surface area contributed by atoms with Crippen molar-refractivity contribution in [3.05, 3.63) is 46.1 Å². The average molecular weight is 450 g/mol. The predicted octanol–water partition coefficient (Wildman–Crippen LogP) is 4.64. The molecule has 1 saturated carbocycles. The normalized spacial score (nSPS) is 20.0. The number of nitrogens with zero attached hydrogens (tertiary/aromatic N) is 3. The zero-order valence-electron chi connectivity index (χ0n) is 19.1. The summed E-state index contributed by atoms with van der Waals surface area (Å²) in [5.74, 6) is 2.12. The molecule has 0 radical (unpaired) electrons. The topological polar surface area (TPSA) is 106 Å². The van der Waals surface area contributed by atoms with Gasteiger partial charge in [-0.15, -0.1) is 0 Å². The van der Waals surface area contributed by atoms with Crippen LogP contribution in [0.5, 0.6) is 0 Å². The molecule has 0 unspecified atom stereocenters. The molecule has 0 bridgehead atoms. The molecule has 2 N–H and O–H groups in total. The van der Waals surface area contributed by atoms with Gasteiger partial charge in [0.2, 0.25) is 11.9 Å². The van der Waals surface area contributed by atoms with Crippen LogP contribution in [0.3, 0.4) is 0 Å². The van der Waals surface area contributed by atoms with Gasteiger partial charge in [0.15, 0.2) is 5.76 Å². The van der Waals surface area contributed by atoms with E-state index in [-0.39, 0.29) is 17.4 Å². The van der Waals surface area contributed by atoms with E-state index in [1.54, 1.807) is 18.4 Å². The predicted molar refractivity (Wildman–Crippen MR) is 125 cm³/mol. The molecule has 0 aliphatic heterocycles. The third-order valence-electron chi connectivity index (χ3n) is 7.05. The van der Waals surface area contributed by atoms with Crippen molar-refractivity contribution in [2.75, 3.05) is 5.32 Å². The summed E-state index contributed by atoms with van der Waals surface area (Å²) in [7, 11) is 0. The zero-order chi connectivity index (χ0) is 22.8. The number of nitrogens with one attached hydrogen (secondary N) is 2. The maximum Gasteiger partial charge on any atom is 0.255 e. The summed E-state index contributed by atoms with van der Waals surface area (Å²) < 4.78 is 7.02. The Bertz CT molecular complexity index is 1170. The molecule has 3 aromatic rings. The second kappa shape index (κ2) is 9.37. The fourth-order valence-electron chi connectivity index (χ4n) is 5.14. The van der Waals surface area contributed by atoms with Gasteiger partial charge >= 0.3 is 0 Å². The Balaban J connectivity index is 1.40. The second-order valence-electron chi connectivity index (χ2n) is 9.32. The van der Waals surface area contributed by atoms with Crippen molar-refractivity contribution in [1.29, 1.82) is 0 Å². The highest BCUT2D eigenvalue weighted by atomic mass is 16.3.